The number of carboxylic acids is 1. The first-order valence-electron chi connectivity index (χ1n) is 9.54. The molecule has 12 heteroatoms. The number of amides is 4. The topological polar surface area (TPSA) is 214 Å². The van der Waals surface area contributed by atoms with Crippen molar-refractivity contribution in [2.75, 3.05) is 0 Å². The zero-order valence-corrected chi connectivity index (χ0v) is 17.8. The van der Waals surface area contributed by atoms with E-state index in [9.17, 15) is 29.1 Å². The van der Waals surface area contributed by atoms with Crippen LogP contribution in [-0.4, -0.2) is 70.1 Å². The molecule has 0 aromatic rings. The van der Waals surface area contributed by atoms with Gasteiger partial charge in [0.2, 0.25) is 23.6 Å². The van der Waals surface area contributed by atoms with E-state index in [2.05, 4.69) is 16.0 Å². The largest absolute Gasteiger partial charge is 0.480 e. The molecule has 0 aromatic carbocycles. The molecule has 5 atom stereocenters. The van der Waals surface area contributed by atoms with Gasteiger partial charge in [0.15, 0.2) is 0 Å². The Kier molecular flexibility index (Phi) is 11.0. The molecule has 0 radical (unpaired) electrons. The summed E-state index contributed by atoms with van der Waals surface area (Å²) in [6, 6.07) is -5.07. The van der Waals surface area contributed by atoms with E-state index in [4.69, 9.17) is 16.6 Å². The molecule has 172 valence electrons. The van der Waals surface area contributed by atoms with Crippen molar-refractivity contribution in [1.82, 2.24) is 16.0 Å². The third-order valence-corrected chi connectivity index (χ3v) is 4.35. The second-order valence-corrected chi connectivity index (χ2v) is 7.80. The Labute approximate surface area is 175 Å². The van der Waals surface area contributed by atoms with E-state index in [0.717, 1.165) is 0 Å². The van der Waals surface area contributed by atoms with E-state index in [-0.39, 0.29) is 11.8 Å². The third-order valence-electron chi connectivity index (χ3n) is 4.35. The van der Waals surface area contributed by atoms with Crippen LogP contribution >= 0.6 is 0 Å². The number of aliphatic hydroxyl groups excluding tert-OH is 1. The number of aliphatic carboxylic acids is 1. The minimum absolute atomic E-state index is 0.171. The average molecular weight is 431 g/mol. The number of nitrogens with two attached hydrogens (primary N) is 2. The summed E-state index contributed by atoms with van der Waals surface area (Å²) in [6.07, 6.45) is -2.07. The molecule has 0 aromatic heterocycles. The fourth-order valence-electron chi connectivity index (χ4n) is 2.40. The Morgan fingerprint density at radius 1 is 0.800 bits per heavy atom. The van der Waals surface area contributed by atoms with Crippen molar-refractivity contribution in [1.29, 1.82) is 0 Å². The summed E-state index contributed by atoms with van der Waals surface area (Å²) in [5.74, 6) is -5.36. The summed E-state index contributed by atoms with van der Waals surface area (Å²) in [7, 11) is 0. The van der Waals surface area contributed by atoms with Crippen molar-refractivity contribution in [3.8, 4) is 0 Å². The predicted octanol–water partition coefficient (Wildman–Crippen LogP) is -2.58. The van der Waals surface area contributed by atoms with Crippen molar-refractivity contribution in [2.24, 2.45) is 23.3 Å². The van der Waals surface area contributed by atoms with Crippen LogP contribution in [-0.2, 0) is 24.0 Å². The van der Waals surface area contributed by atoms with E-state index in [0.29, 0.717) is 0 Å². The Bertz CT molecular complexity index is 651. The highest BCUT2D eigenvalue weighted by Gasteiger charge is 2.34. The van der Waals surface area contributed by atoms with E-state index < -0.39 is 66.3 Å². The molecule has 9 N–H and O–H groups in total. The lowest BCUT2D eigenvalue weighted by Crippen LogP contribution is -2.61. The fourth-order valence-corrected chi connectivity index (χ4v) is 2.40. The maximum atomic E-state index is 12.7. The maximum Gasteiger partial charge on any atom is 0.326 e. The molecule has 0 spiro atoms. The quantitative estimate of drug-likeness (QED) is 0.174. The van der Waals surface area contributed by atoms with Crippen molar-refractivity contribution in [3.05, 3.63) is 0 Å². The van der Waals surface area contributed by atoms with Crippen LogP contribution in [0.25, 0.3) is 0 Å². The summed E-state index contributed by atoms with van der Waals surface area (Å²) in [5, 5.41) is 25.9. The van der Waals surface area contributed by atoms with Gasteiger partial charge in [-0.05, 0) is 18.8 Å². The normalized spacial score (nSPS) is 16.2. The SMILES string of the molecule is CC(C)C(N)C(=O)NC(C(=O)NC(C(=O)NC(CC(N)=O)C(=O)O)C(C)O)C(C)C. The molecule has 0 fully saturated rings. The number of carboxylic acid groups (broad SMARTS) is 1. The van der Waals surface area contributed by atoms with Gasteiger partial charge < -0.3 is 37.6 Å². The zero-order valence-electron chi connectivity index (χ0n) is 17.8. The predicted molar refractivity (Wildman–Crippen MR) is 107 cm³/mol. The second-order valence-electron chi connectivity index (χ2n) is 7.80. The van der Waals surface area contributed by atoms with Gasteiger partial charge in [0.05, 0.1) is 18.6 Å². The molecule has 0 rings (SSSR count). The Balaban J connectivity index is 5.39. The first kappa shape index (κ1) is 27.3. The number of hydrogen-bond acceptors (Lipinski definition) is 7. The lowest BCUT2D eigenvalue weighted by Gasteiger charge is -2.28. The number of hydrogen-bond donors (Lipinski definition) is 7. The van der Waals surface area contributed by atoms with Crippen LogP contribution in [0.4, 0.5) is 0 Å². The molecule has 30 heavy (non-hydrogen) atoms. The van der Waals surface area contributed by atoms with Gasteiger partial charge >= 0.3 is 5.97 Å². The lowest BCUT2D eigenvalue weighted by atomic mass is 9.99. The highest BCUT2D eigenvalue weighted by molar-refractivity contribution is 5.95. The van der Waals surface area contributed by atoms with Crippen molar-refractivity contribution in [3.63, 3.8) is 0 Å². The van der Waals surface area contributed by atoms with Crippen LogP contribution in [0, 0.1) is 11.8 Å². The Hall–Kier alpha value is -2.73. The number of nitrogens with one attached hydrogen (secondary N) is 3. The number of aliphatic hydroxyl groups is 1. The standard InChI is InChI=1S/C18H33N5O7/c1-7(2)12(20)15(26)22-13(8(3)4)16(27)23-14(9(5)24)17(28)21-10(18(29)30)6-11(19)25/h7-10,12-14,24H,6,20H2,1-5H3,(H2,19,25)(H,21,28)(H,22,26)(H,23,27)(H,29,30). The van der Waals surface area contributed by atoms with Gasteiger partial charge in [-0.3, -0.25) is 19.2 Å². The van der Waals surface area contributed by atoms with Gasteiger partial charge in [-0.1, -0.05) is 27.7 Å². The number of rotatable bonds is 12. The van der Waals surface area contributed by atoms with E-state index in [1.807, 2.05) is 0 Å². The Morgan fingerprint density at radius 2 is 1.27 bits per heavy atom. The molecule has 4 amide bonds. The van der Waals surface area contributed by atoms with Crippen LogP contribution in [0.3, 0.4) is 0 Å². The van der Waals surface area contributed by atoms with Crippen LogP contribution in [0.2, 0.25) is 0 Å². The number of carbonyl (C=O) groups is 5. The van der Waals surface area contributed by atoms with Gasteiger partial charge in [0, 0.05) is 0 Å². The minimum Gasteiger partial charge on any atom is -0.480 e. The fraction of sp³-hybridized carbons (Fsp3) is 0.722. The lowest BCUT2D eigenvalue weighted by molar-refractivity contribution is -0.144. The van der Waals surface area contributed by atoms with Crippen LogP contribution in [0.15, 0.2) is 0 Å². The van der Waals surface area contributed by atoms with Crippen LogP contribution < -0.4 is 27.4 Å². The summed E-state index contributed by atoms with van der Waals surface area (Å²) in [6.45, 7) is 8.03. The van der Waals surface area contributed by atoms with Gasteiger partial charge in [-0.25, -0.2) is 4.79 Å². The average Bonchev–Trinajstić information content (AvgIpc) is 2.60. The van der Waals surface area contributed by atoms with Gasteiger partial charge in [-0.15, -0.1) is 0 Å². The van der Waals surface area contributed by atoms with Crippen molar-refractivity contribution < 1.29 is 34.2 Å². The summed E-state index contributed by atoms with van der Waals surface area (Å²) in [5.41, 5.74) is 10.8. The highest BCUT2D eigenvalue weighted by atomic mass is 16.4. The molecule has 0 aliphatic rings. The van der Waals surface area contributed by atoms with Crippen molar-refractivity contribution >= 4 is 29.6 Å². The third kappa shape index (κ3) is 8.74. The smallest absolute Gasteiger partial charge is 0.326 e. The Morgan fingerprint density at radius 3 is 1.63 bits per heavy atom. The highest BCUT2D eigenvalue weighted by Crippen LogP contribution is 2.07. The molecule has 5 unspecified atom stereocenters. The van der Waals surface area contributed by atoms with E-state index >= 15 is 0 Å². The molecule has 0 saturated carbocycles. The van der Waals surface area contributed by atoms with Crippen LogP contribution in [0.1, 0.15) is 41.0 Å². The minimum atomic E-state index is -1.63. The first-order chi connectivity index (χ1) is 13.7. The maximum absolute atomic E-state index is 12.7. The molecule has 0 aliphatic heterocycles. The van der Waals surface area contributed by atoms with Gasteiger partial charge in [-0.2, -0.15) is 0 Å². The van der Waals surface area contributed by atoms with Gasteiger partial charge in [0.25, 0.3) is 0 Å². The zero-order chi connectivity index (χ0) is 23.8. The van der Waals surface area contributed by atoms with Crippen LogP contribution in [0.5, 0.6) is 0 Å². The molecule has 0 saturated heterocycles. The molecule has 0 aliphatic carbocycles. The van der Waals surface area contributed by atoms with E-state index in [1.165, 1.54) is 6.92 Å². The van der Waals surface area contributed by atoms with E-state index in [1.54, 1.807) is 27.7 Å². The van der Waals surface area contributed by atoms with Crippen molar-refractivity contribution in [2.45, 2.75) is 71.3 Å². The molecule has 0 bridgehead atoms. The first-order valence-corrected chi connectivity index (χ1v) is 9.54. The summed E-state index contributed by atoms with van der Waals surface area (Å²) < 4.78 is 0. The molecular formula is C18H33N5O7. The summed E-state index contributed by atoms with van der Waals surface area (Å²) >= 11 is 0. The molecule has 0 heterocycles. The molecular weight excluding hydrogens is 398 g/mol. The number of primary amides is 1. The summed E-state index contributed by atoms with van der Waals surface area (Å²) in [4.78, 5) is 59.5. The monoisotopic (exact) mass is 431 g/mol. The molecule has 12 nitrogen and oxygen atoms in total. The number of carbonyl (C=O) groups excluding carboxylic acids is 4. The second kappa shape index (κ2) is 12.1. The van der Waals surface area contributed by atoms with Gasteiger partial charge in [0.1, 0.15) is 18.1 Å².